The molecule has 3 heterocycles. The molecule has 0 aliphatic carbocycles. The minimum absolute atomic E-state index is 0.0245. The van der Waals surface area contributed by atoms with Crippen molar-refractivity contribution in [3.63, 3.8) is 0 Å². The summed E-state index contributed by atoms with van der Waals surface area (Å²) in [6, 6.07) is 13.8. The standard InChI is InChI=1S/C20H21N5O2S/c26-18(22-12-15-5-4-8-21-11-15)17-13-25(9-10-27-14-17)20-24-23-19(28-20)16-6-2-1-3-7-16/h1-8,11,17H,9-10,12-14H2,(H,22,26). The maximum absolute atomic E-state index is 12.7. The Morgan fingerprint density at radius 2 is 2.11 bits per heavy atom. The Kier molecular flexibility index (Phi) is 5.89. The van der Waals surface area contributed by atoms with E-state index >= 15 is 0 Å². The molecule has 28 heavy (non-hydrogen) atoms. The number of nitrogens with one attached hydrogen (secondary N) is 1. The van der Waals surface area contributed by atoms with Crippen molar-refractivity contribution < 1.29 is 9.53 Å². The molecule has 1 amide bonds. The van der Waals surface area contributed by atoms with Crippen molar-refractivity contribution in [2.75, 3.05) is 31.2 Å². The Labute approximate surface area is 167 Å². The Morgan fingerprint density at radius 1 is 1.21 bits per heavy atom. The van der Waals surface area contributed by atoms with Crippen LogP contribution in [0.4, 0.5) is 5.13 Å². The fourth-order valence-electron chi connectivity index (χ4n) is 3.02. The first-order valence-corrected chi connectivity index (χ1v) is 9.99. The molecule has 2 aromatic heterocycles. The van der Waals surface area contributed by atoms with Gasteiger partial charge < -0.3 is 15.0 Å². The highest BCUT2D eigenvalue weighted by Crippen LogP contribution is 2.29. The van der Waals surface area contributed by atoms with Crippen molar-refractivity contribution >= 4 is 22.4 Å². The van der Waals surface area contributed by atoms with Gasteiger partial charge in [0.2, 0.25) is 11.0 Å². The molecular weight excluding hydrogens is 374 g/mol. The van der Waals surface area contributed by atoms with Gasteiger partial charge >= 0.3 is 0 Å². The number of ether oxygens (including phenoxy) is 1. The quantitative estimate of drug-likeness (QED) is 0.714. The van der Waals surface area contributed by atoms with E-state index in [2.05, 4.69) is 25.4 Å². The van der Waals surface area contributed by atoms with E-state index < -0.39 is 0 Å². The molecule has 0 saturated carbocycles. The van der Waals surface area contributed by atoms with Crippen LogP contribution >= 0.6 is 11.3 Å². The fourth-order valence-corrected chi connectivity index (χ4v) is 3.90. The third kappa shape index (κ3) is 4.52. The summed E-state index contributed by atoms with van der Waals surface area (Å²) in [5.41, 5.74) is 2.02. The largest absolute Gasteiger partial charge is 0.379 e. The van der Waals surface area contributed by atoms with Gasteiger partial charge in [-0.25, -0.2) is 0 Å². The van der Waals surface area contributed by atoms with Crippen molar-refractivity contribution in [2.45, 2.75) is 6.54 Å². The summed E-state index contributed by atoms with van der Waals surface area (Å²) in [5.74, 6) is -0.285. The van der Waals surface area contributed by atoms with Gasteiger partial charge in [-0.1, -0.05) is 47.7 Å². The first kappa shape index (κ1) is 18.5. The lowest BCUT2D eigenvalue weighted by atomic mass is 10.1. The second-order valence-electron chi connectivity index (χ2n) is 6.55. The normalized spacial score (nSPS) is 17.1. The first-order valence-electron chi connectivity index (χ1n) is 9.18. The van der Waals surface area contributed by atoms with E-state index in [4.69, 9.17) is 4.74 Å². The average Bonchev–Trinajstić information content (AvgIpc) is 3.11. The van der Waals surface area contributed by atoms with E-state index in [0.717, 1.165) is 21.3 Å². The summed E-state index contributed by atoms with van der Waals surface area (Å²) in [4.78, 5) is 18.8. The van der Waals surface area contributed by atoms with Crippen LogP contribution in [0.5, 0.6) is 0 Å². The molecule has 1 aliphatic heterocycles. The van der Waals surface area contributed by atoms with Crippen molar-refractivity contribution in [2.24, 2.45) is 5.92 Å². The maximum Gasteiger partial charge on any atom is 0.227 e. The first-order chi connectivity index (χ1) is 13.8. The van der Waals surface area contributed by atoms with Crippen LogP contribution in [0.15, 0.2) is 54.9 Å². The van der Waals surface area contributed by atoms with E-state index in [1.807, 2.05) is 42.5 Å². The highest BCUT2D eigenvalue weighted by Gasteiger charge is 2.26. The molecule has 0 spiro atoms. The van der Waals surface area contributed by atoms with Crippen LogP contribution in [0.2, 0.25) is 0 Å². The van der Waals surface area contributed by atoms with Crippen LogP contribution < -0.4 is 10.2 Å². The monoisotopic (exact) mass is 395 g/mol. The minimum atomic E-state index is -0.261. The number of hydrogen-bond donors (Lipinski definition) is 1. The third-order valence-electron chi connectivity index (χ3n) is 4.53. The zero-order valence-corrected chi connectivity index (χ0v) is 16.1. The molecule has 1 N–H and O–H groups in total. The fraction of sp³-hybridized carbons (Fsp3) is 0.300. The molecule has 7 nitrogen and oxygen atoms in total. The molecular formula is C20H21N5O2S. The van der Waals surface area contributed by atoms with E-state index in [9.17, 15) is 4.79 Å². The van der Waals surface area contributed by atoms with Crippen LogP contribution in [0, 0.1) is 5.92 Å². The van der Waals surface area contributed by atoms with Gasteiger partial charge in [0.05, 0.1) is 19.1 Å². The third-order valence-corrected chi connectivity index (χ3v) is 5.56. The summed E-state index contributed by atoms with van der Waals surface area (Å²) in [6.45, 7) is 2.67. The van der Waals surface area contributed by atoms with E-state index in [0.29, 0.717) is 32.8 Å². The van der Waals surface area contributed by atoms with Gasteiger partial charge in [-0.2, -0.15) is 0 Å². The smallest absolute Gasteiger partial charge is 0.227 e. The number of benzene rings is 1. The Morgan fingerprint density at radius 3 is 2.93 bits per heavy atom. The van der Waals surface area contributed by atoms with Gasteiger partial charge in [-0.05, 0) is 11.6 Å². The Hall–Kier alpha value is -2.84. The van der Waals surface area contributed by atoms with Gasteiger partial charge in [0.15, 0.2) is 0 Å². The highest BCUT2D eigenvalue weighted by atomic mass is 32.1. The van der Waals surface area contributed by atoms with Crippen LogP contribution in [0.1, 0.15) is 5.56 Å². The number of nitrogens with zero attached hydrogens (tertiary/aromatic N) is 4. The molecule has 1 saturated heterocycles. The predicted molar refractivity (Wildman–Crippen MR) is 108 cm³/mol. The zero-order valence-electron chi connectivity index (χ0n) is 15.3. The molecule has 1 fully saturated rings. The zero-order chi connectivity index (χ0) is 19.2. The van der Waals surface area contributed by atoms with Crippen molar-refractivity contribution in [1.29, 1.82) is 0 Å². The molecule has 4 rings (SSSR count). The number of carbonyl (C=O) groups is 1. The highest BCUT2D eigenvalue weighted by molar-refractivity contribution is 7.18. The van der Waals surface area contributed by atoms with Gasteiger partial charge in [-0.15, -0.1) is 10.2 Å². The number of aromatic nitrogens is 3. The lowest BCUT2D eigenvalue weighted by molar-refractivity contribution is -0.126. The Bertz CT molecular complexity index is 903. The molecule has 1 unspecified atom stereocenters. The van der Waals surface area contributed by atoms with Gasteiger partial charge in [0.25, 0.3) is 0 Å². The van der Waals surface area contributed by atoms with E-state index in [1.54, 1.807) is 12.4 Å². The number of amides is 1. The van der Waals surface area contributed by atoms with Gasteiger partial charge in [0.1, 0.15) is 5.01 Å². The van der Waals surface area contributed by atoms with Crippen LogP contribution in [0.3, 0.4) is 0 Å². The summed E-state index contributed by atoms with van der Waals surface area (Å²) in [6.07, 6.45) is 3.47. The van der Waals surface area contributed by atoms with Crippen molar-refractivity contribution in [1.82, 2.24) is 20.5 Å². The summed E-state index contributed by atoms with van der Waals surface area (Å²) in [5, 5.41) is 13.3. The van der Waals surface area contributed by atoms with E-state index in [1.165, 1.54) is 11.3 Å². The number of anilines is 1. The molecule has 0 bridgehead atoms. The summed E-state index contributed by atoms with van der Waals surface area (Å²) >= 11 is 1.53. The number of hydrogen-bond acceptors (Lipinski definition) is 7. The number of rotatable bonds is 5. The minimum Gasteiger partial charge on any atom is -0.379 e. The van der Waals surface area contributed by atoms with Crippen LogP contribution in [-0.4, -0.2) is 47.4 Å². The van der Waals surface area contributed by atoms with Gasteiger partial charge in [0, 0.05) is 37.6 Å². The molecule has 144 valence electrons. The molecule has 8 heteroatoms. The second-order valence-corrected chi connectivity index (χ2v) is 7.51. The van der Waals surface area contributed by atoms with E-state index in [-0.39, 0.29) is 11.8 Å². The summed E-state index contributed by atoms with van der Waals surface area (Å²) in [7, 11) is 0. The average molecular weight is 395 g/mol. The van der Waals surface area contributed by atoms with Gasteiger partial charge in [-0.3, -0.25) is 9.78 Å². The maximum atomic E-state index is 12.7. The van der Waals surface area contributed by atoms with Crippen LogP contribution in [-0.2, 0) is 16.1 Å². The Balaban J connectivity index is 1.41. The molecule has 1 atom stereocenters. The molecule has 0 radical (unpaired) electrons. The van der Waals surface area contributed by atoms with Crippen LogP contribution in [0.25, 0.3) is 10.6 Å². The second kappa shape index (κ2) is 8.90. The molecule has 1 aromatic carbocycles. The molecule has 3 aromatic rings. The number of carbonyl (C=O) groups excluding carboxylic acids is 1. The lowest BCUT2D eigenvalue weighted by Gasteiger charge is -2.21. The topological polar surface area (TPSA) is 80.2 Å². The predicted octanol–water partition coefficient (Wildman–Crippen LogP) is 2.37. The van der Waals surface area contributed by atoms with Crippen molar-refractivity contribution in [3.8, 4) is 10.6 Å². The lowest BCUT2D eigenvalue weighted by Crippen LogP contribution is -2.39. The summed E-state index contributed by atoms with van der Waals surface area (Å²) < 4.78 is 5.67. The molecule has 1 aliphatic rings. The van der Waals surface area contributed by atoms with Crippen molar-refractivity contribution in [3.05, 3.63) is 60.4 Å². The number of pyridine rings is 1. The SMILES string of the molecule is O=C(NCc1cccnc1)C1COCCN(c2nnc(-c3ccccc3)s2)C1.